The van der Waals surface area contributed by atoms with Crippen molar-refractivity contribution in [1.82, 2.24) is 20.9 Å². The van der Waals surface area contributed by atoms with E-state index in [1.165, 1.54) is 0 Å². The molecule has 3 N–H and O–H groups in total. The van der Waals surface area contributed by atoms with Crippen LogP contribution >= 0.6 is 24.0 Å². The number of aliphatic imine (C=N–C) groups is 1. The maximum Gasteiger partial charge on any atom is 0.251 e. The average molecular weight is 532 g/mol. The van der Waals surface area contributed by atoms with Crippen LogP contribution in [0.5, 0.6) is 0 Å². The number of nitrogens with one attached hydrogen (secondary N) is 3. The Morgan fingerprint density at radius 1 is 1.10 bits per heavy atom. The molecule has 0 unspecified atom stereocenters. The fourth-order valence-electron chi connectivity index (χ4n) is 3.15. The van der Waals surface area contributed by atoms with Crippen LogP contribution in [-0.2, 0) is 6.54 Å². The van der Waals surface area contributed by atoms with Gasteiger partial charge in [-0.1, -0.05) is 12.1 Å². The van der Waals surface area contributed by atoms with Crippen LogP contribution in [0.2, 0.25) is 0 Å². The fraction of sp³-hybridized carbons (Fsp3) is 0.652. The van der Waals surface area contributed by atoms with Gasteiger partial charge in [0.25, 0.3) is 5.91 Å². The second-order valence-electron chi connectivity index (χ2n) is 8.95. The zero-order valence-electron chi connectivity index (χ0n) is 20.0. The molecule has 1 aromatic carbocycles. The van der Waals surface area contributed by atoms with Gasteiger partial charge in [0, 0.05) is 42.8 Å². The Labute approximate surface area is 200 Å². The summed E-state index contributed by atoms with van der Waals surface area (Å²) in [4.78, 5) is 19.5. The van der Waals surface area contributed by atoms with Crippen LogP contribution in [0.1, 0.15) is 71.3 Å². The van der Waals surface area contributed by atoms with Gasteiger partial charge in [0.05, 0.1) is 6.54 Å². The molecule has 1 rings (SSSR count). The molecule has 172 valence electrons. The summed E-state index contributed by atoms with van der Waals surface area (Å²) in [5, 5.41) is 9.71. The van der Waals surface area contributed by atoms with Crippen LogP contribution in [0, 0.1) is 0 Å². The molecule has 1 aromatic rings. The molecule has 0 atom stereocenters. The SMILES string of the molecule is CCNC(=NCc1cccc(C(=O)NC(C)(C)C)c1)NCCN(C(C)C)C(C)C.I. The summed E-state index contributed by atoms with van der Waals surface area (Å²) < 4.78 is 0. The molecule has 0 aromatic heterocycles. The summed E-state index contributed by atoms with van der Waals surface area (Å²) in [6.07, 6.45) is 0. The normalized spacial score (nSPS) is 12.2. The largest absolute Gasteiger partial charge is 0.357 e. The number of hydrogen-bond acceptors (Lipinski definition) is 3. The number of carbonyl (C=O) groups is 1. The minimum atomic E-state index is -0.257. The molecule has 0 saturated carbocycles. The summed E-state index contributed by atoms with van der Waals surface area (Å²) >= 11 is 0. The van der Waals surface area contributed by atoms with Gasteiger partial charge in [-0.05, 0) is 73.1 Å². The summed E-state index contributed by atoms with van der Waals surface area (Å²) in [6.45, 7) is 20.0. The van der Waals surface area contributed by atoms with E-state index >= 15 is 0 Å². The number of hydrogen-bond donors (Lipinski definition) is 3. The second kappa shape index (κ2) is 13.9. The number of benzene rings is 1. The van der Waals surface area contributed by atoms with Gasteiger partial charge in [0.15, 0.2) is 5.96 Å². The van der Waals surface area contributed by atoms with Crippen LogP contribution in [0.15, 0.2) is 29.3 Å². The van der Waals surface area contributed by atoms with Crippen molar-refractivity contribution >= 4 is 35.8 Å². The predicted octanol–water partition coefficient (Wildman–Crippen LogP) is 4.01. The molecule has 0 radical (unpaired) electrons. The van der Waals surface area contributed by atoms with E-state index in [0.29, 0.717) is 24.2 Å². The average Bonchev–Trinajstić information content (AvgIpc) is 2.61. The Balaban J connectivity index is 0.00000841. The number of amides is 1. The van der Waals surface area contributed by atoms with E-state index < -0.39 is 0 Å². The maximum absolute atomic E-state index is 12.4. The Kier molecular flexibility index (Phi) is 13.2. The van der Waals surface area contributed by atoms with Gasteiger partial charge in [0.1, 0.15) is 0 Å². The van der Waals surface area contributed by atoms with E-state index in [9.17, 15) is 4.79 Å². The molecule has 0 aliphatic rings. The summed E-state index contributed by atoms with van der Waals surface area (Å²) in [7, 11) is 0. The van der Waals surface area contributed by atoms with E-state index in [1.807, 2.05) is 45.0 Å². The highest BCUT2D eigenvalue weighted by Gasteiger charge is 2.15. The molecule has 1 amide bonds. The van der Waals surface area contributed by atoms with Crippen molar-refractivity contribution in [2.75, 3.05) is 19.6 Å². The first kappa shape index (κ1) is 28.6. The molecular weight excluding hydrogens is 489 g/mol. The molecule has 30 heavy (non-hydrogen) atoms. The van der Waals surface area contributed by atoms with Crippen LogP contribution in [0.3, 0.4) is 0 Å². The zero-order valence-corrected chi connectivity index (χ0v) is 22.3. The number of guanidine groups is 1. The number of nitrogens with zero attached hydrogens (tertiary/aromatic N) is 2. The summed E-state index contributed by atoms with van der Waals surface area (Å²) in [5.41, 5.74) is 1.41. The first-order valence-corrected chi connectivity index (χ1v) is 10.7. The Hall–Kier alpha value is -1.35. The van der Waals surface area contributed by atoms with Crippen molar-refractivity contribution in [2.24, 2.45) is 4.99 Å². The lowest BCUT2D eigenvalue weighted by Gasteiger charge is -2.30. The van der Waals surface area contributed by atoms with E-state index in [4.69, 9.17) is 0 Å². The zero-order chi connectivity index (χ0) is 22.0. The van der Waals surface area contributed by atoms with Crippen LogP contribution in [-0.4, -0.2) is 54.0 Å². The first-order chi connectivity index (χ1) is 13.5. The Morgan fingerprint density at radius 2 is 1.73 bits per heavy atom. The minimum Gasteiger partial charge on any atom is -0.357 e. The highest BCUT2D eigenvalue weighted by atomic mass is 127. The lowest BCUT2D eigenvalue weighted by Crippen LogP contribution is -2.45. The third-order valence-corrected chi connectivity index (χ3v) is 4.43. The molecule has 7 heteroatoms. The molecule has 0 aliphatic heterocycles. The van der Waals surface area contributed by atoms with Gasteiger partial charge in [-0.25, -0.2) is 4.99 Å². The highest BCUT2D eigenvalue weighted by Crippen LogP contribution is 2.09. The molecule has 0 spiro atoms. The van der Waals surface area contributed by atoms with Gasteiger partial charge in [0.2, 0.25) is 0 Å². The van der Waals surface area contributed by atoms with E-state index in [0.717, 1.165) is 31.2 Å². The lowest BCUT2D eigenvalue weighted by atomic mass is 10.1. The molecule has 0 saturated heterocycles. The first-order valence-electron chi connectivity index (χ1n) is 10.7. The minimum absolute atomic E-state index is 0. The predicted molar refractivity (Wildman–Crippen MR) is 139 cm³/mol. The quantitative estimate of drug-likeness (QED) is 0.256. The standard InChI is InChI=1S/C23H41N5O.HI/c1-9-24-22(25-13-14-28(17(2)3)18(4)5)26-16-19-11-10-12-20(15-19)21(29)27-23(6,7)8;/h10-12,15,17-18H,9,13-14,16H2,1-8H3,(H,27,29)(H2,24,25,26);1H. The van der Waals surface area contributed by atoms with Gasteiger partial charge in [-0.3, -0.25) is 9.69 Å². The van der Waals surface area contributed by atoms with Crippen molar-refractivity contribution in [3.63, 3.8) is 0 Å². The van der Waals surface area contributed by atoms with Crippen LogP contribution < -0.4 is 16.0 Å². The number of rotatable bonds is 9. The van der Waals surface area contributed by atoms with Crippen LogP contribution in [0.25, 0.3) is 0 Å². The highest BCUT2D eigenvalue weighted by molar-refractivity contribution is 14.0. The van der Waals surface area contributed by atoms with Gasteiger partial charge >= 0.3 is 0 Å². The Bertz CT molecular complexity index is 660. The molecule has 0 fully saturated rings. The fourth-order valence-corrected chi connectivity index (χ4v) is 3.15. The van der Waals surface area contributed by atoms with Gasteiger partial charge in [-0.15, -0.1) is 24.0 Å². The van der Waals surface area contributed by atoms with Crippen molar-refractivity contribution < 1.29 is 4.79 Å². The summed E-state index contributed by atoms with van der Waals surface area (Å²) in [6, 6.07) is 8.68. The van der Waals surface area contributed by atoms with Gasteiger partial charge in [-0.2, -0.15) is 0 Å². The molecular formula is C23H42IN5O. The monoisotopic (exact) mass is 531 g/mol. The summed E-state index contributed by atoms with van der Waals surface area (Å²) in [5.74, 6) is 0.736. The molecule has 0 heterocycles. The maximum atomic E-state index is 12.4. The molecule has 0 aliphatic carbocycles. The van der Waals surface area contributed by atoms with Crippen molar-refractivity contribution in [3.8, 4) is 0 Å². The van der Waals surface area contributed by atoms with Gasteiger partial charge < -0.3 is 16.0 Å². The van der Waals surface area contributed by atoms with Crippen molar-refractivity contribution in [1.29, 1.82) is 0 Å². The smallest absolute Gasteiger partial charge is 0.251 e. The number of carbonyl (C=O) groups excluding carboxylic acids is 1. The van der Waals surface area contributed by atoms with Crippen molar-refractivity contribution in [3.05, 3.63) is 35.4 Å². The third kappa shape index (κ3) is 11.2. The lowest BCUT2D eigenvalue weighted by molar-refractivity contribution is 0.0919. The second-order valence-corrected chi connectivity index (χ2v) is 8.95. The topological polar surface area (TPSA) is 68.8 Å². The van der Waals surface area contributed by atoms with Crippen LogP contribution in [0.4, 0.5) is 0 Å². The van der Waals surface area contributed by atoms with E-state index in [2.05, 4.69) is 60.5 Å². The van der Waals surface area contributed by atoms with Crippen molar-refractivity contribution in [2.45, 2.75) is 79.6 Å². The number of halogens is 1. The third-order valence-electron chi connectivity index (χ3n) is 4.43. The van der Waals surface area contributed by atoms with E-state index in [1.54, 1.807) is 0 Å². The Morgan fingerprint density at radius 3 is 2.27 bits per heavy atom. The molecule has 0 bridgehead atoms. The molecule has 6 nitrogen and oxygen atoms in total. The van der Waals surface area contributed by atoms with E-state index in [-0.39, 0.29) is 35.4 Å².